The molecule has 1 amide bonds. The van der Waals surface area contributed by atoms with Gasteiger partial charge in [0, 0.05) is 29.9 Å². The molecule has 0 bridgehead atoms. The maximum Gasteiger partial charge on any atom is 0.266 e. The van der Waals surface area contributed by atoms with Gasteiger partial charge in [-0.25, -0.2) is 13.4 Å². The van der Waals surface area contributed by atoms with Gasteiger partial charge >= 0.3 is 0 Å². The van der Waals surface area contributed by atoms with Crippen LogP contribution in [0.25, 0.3) is 10.2 Å². The van der Waals surface area contributed by atoms with E-state index in [0.29, 0.717) is 10.6 Å². The van der Waals surface area contributed by atoms with Crippen LogP contribution in [0.2, 0.25) is 0 Å². The molecule has 6 nitrogen and oxygen atoms in total. The minimum absolute atomic E-state index is 0.143. The van der Waals surface area contributed by atoms with Crippen LogP contribution in [0.4, 0.5) is 5.69 Å². The SMILES string of the molecule is Cc1cc(C)c2c(C)c(C(=O)Nc3ccc(S(=O)(=O)N(C)C(C)C)cc3)sc2n1. The molecule has 29 heavy (non-hydrogen) atoms. The van der Waals surface area contributed by atoms with Crippen LogP contribution in [-0.2, 0) is 10.0 Å². The second-order valence-corrected chi connectivity index (χ2v) is 10.4. The first-order valence-electron chi connectivity index (χ1n) is 9.29. The topological polar surface area (TPSA) is 79.4 Å². The summed E-state index contributed by atoms with van der Waals surface area (Å²) in [5.74, 6) is -0.225. The molecule has 154 valence electrons. The Hall–Kier alpha value is -2.29. The van der Waals surface area contributed by atoms with E-state index in [9.17, 15) is 13.2 Å². The highest BCUT2D eigenvalue weighted by molar-refractivity contribution is 7.89. The summed E-state index contributed by atoms with van der Waals surface area (Å²) >= 11 is 1.37. The Kier molecular flexibility index (Phi) is 5.80. The molecule has 0 saturated heterocycles. The number of carbonyl (C=O) groups excluding carboxylic acids is 1. The molecule has 0 aliphatic carbocycles. The number of hydrogen-bond acceptors (Lipinski definition) is 5. The molecule has 0 radical (unpaired) electrons. The molecule has 3 rings (SSSR count). The molecular formula is C21H25N3O3S2. The molecule has 2 heterocycles. The van der Waals surface area contributed by atoms with E-state index in [1.165, 1.54) is 27.8 Å². The predicted octanol–water partition coefficient (Wildman–Crippen LogP) is 4.50. The van der Waals surface area contributed by atoms with Crippen molar-refractivity contribution in [2.24, 2.45) is 0 Å². The quantitative estimate of drug-likeness (QED) is 0.645. The maximum absolute atomic E-state index is 12.8. The number of anilines is 1. The molecular weight excluding hydrogens is 406 g/mol. The average Bonchev–Trinajstić information content (AvgIpc) is 2.98. The number of carbonyl (C=O) groups is 1. The number of fused-ring (bicyclic) bond motifs is 1. The number of aryl methyl sites for hydroxylation is 3. The largest absolute Gasteiger partial charge is 0.321 e. The predicted molar refractivity (Wildman–Crippen MR) is 118 cm³/mol. The molecule has 3 aromatic rings. The highest BCUT2D eigenvalue weighted by Gasteiger charge is 2.23. The highest BCUT2D eigenvalue weighted by atomic mass is 32.2. The second-order valence-electron chi connectivity index (χ2n) is 7.41. The van der Waals surface area contributed by atoms with Crippen LogP contribution < -0.4 is 5.32 Å². The van der Waals surface area contributed by atoms with Crippen molar-refractivity contribution in [3.63, 3.8) is 0 Å². The first-order valence-corrected chi connectivity index (χ1v) is 11.5. The zero-order chi connectivity index (χ0) is 21.5. The van der Waals surface area contributed by atoms with Gasteiger partial charge in [0.15, 0.2) is 0 Å². The Bertz CT molecular complexity index is 1180. The van der Waals surface area contributed by atoms with Crippen molar-refractivity contribution in [2.75, 3.05) is 12.4 Å². The molecule has 2 aromatic heterocycles. The highest BCUT2D eigenvalue weighted by Crippen LogP contribution is 2.32. The van der Waals surface area contributed by atoms with Crippen LogP contribution in [0.3, 0.4) is 0 Å². The summed E-state index contributed by atoms with van der Waals surface area (Å²) in [6, 6.07) is 8.10. The lowest BCUT2D eigenvalue weighted by molar-refractivity contribution is 0.103. The van der Waals surface area contributed by atoms with Crippen molar-refractivity contribution in [1.82, 2.24) is 9.29 Å². The molecule has 0 fully saturated rings. The third-order valence-corrected chi connectivity index (χ3v) is 8.18. The zero-order valence-electron chi connectivity index (χ0n) is 17.4. The van der Waals surface area contributed by atoms with Crippen molar-refractivity contribution in [2.45, 2.75) is 45.6 Å². The Balaban J connectivity index is 1.86. The van der Waals surface area contributed by atoms with E-state index in [1.54, 1.807) is 19.2 Å². The number of benzene rings is 1. The summed E-state index contributed by atoms with van der Waals surface area (Å²) < 4.78 is 26.4. The van der Waals surface area contributed by atoms with E-state index in [4.69, 9.17) is 0 Å². The summed E-state index contributed by atoms with van der Waals surface area (Å²) in [7, 11) is -2.00. The van der Waals surface area contributed by atoms with Gasteiger partial charge in [-0.15, -0.1) is 11.3 Å². The van der Waals surface area contributed by atoms with E-state index >= 15 is 0 Å². The summed E-state index contributed by atoms with van der Waals surface area (Å²) in [5, 5.41) is 3.88. The Morgan fingerprint density at radius 1 is 1.14 bits per heavy atom. The molecule has 0 aliphatic heterocycles. The number of aromatic nitrogens is 1. The number of hydrogen-bond donors (Lipinski definition) is 1. The van der Waals surface area contributed by atoms with Gasteiger partial charge in [0.1, 0.15) is 4.83 Å². The van der Waals surface area contributed by atoms with Crippen LogP contribution in [0.15, 0.2) is 35.2 Å². The van der Waals surface area contributed by atoms with Gasteiger partial charge in [-0.2, -0.15) is 4.31 Å². The normalized spacial score (nSPS) is 12.1. The third kappa shape index (κ3) is 4.05. The molecule has 0 spiro atoms. The van der Waals surface area contributed by atoms with Crippen LogP contribution in [0, 0.1) is 20.8 Å². The van der Waals surface area contributed by atoms with Crippen molar-refractivity contribution in [3.8, 4) is 0 Å². The van der Waals surface area contributed by atoms with Crippen molar-refractivity contribution in [1.29, 1.82) is 0 Å². The molecule has 8 heteroatoms. The van der Waals surface area contributed by atoms with Gasteiger partial charge in [-0.05, 0) is 76.1 Å². The van der Waals surface area contributed by atoms with Crippen LogP contribution in [-0.4, -0.2) is 36.7 Å². The van der Waals surface area contributed by atoms with Crippen molar-refractivity contribution in [3.05, 3.63) is 52.0 Å². The molecule has 1 N–H and O–H groups in total. The number of pyridine rings is 1. The van der Waals surface area contributed by atoms with Crippen LogP contribution in [0.1, 0.15) is 40.3 Å². The minimum atomic E-state index is -3.55. The molecule has 0 unspecified atom stereocenters. The maximum atomic E-state index is 12.8. The lowest BCUT2D eigenvalue weighted by Gasteiger charge is -2.21. The Morgan fingerprint density at radius 3 is 2.34 bits per heavy atom. The smallest absolute Gasteiger partial charge is 0.266 e. The molecule has 1 aromatic carbocycles. The number of thiophene rings is 1. The zero-order valence-corrected chi connectivity index (χ0v) is 19.0. The van der Waals surface area contributed by atoms with Crippen LogP contribution in [0.5, 0.6) is 0 Å². The molecule has 0 atom stereocenters. The van der Waals surface area contributed by atoms with E-state index in [1.807, 2.05) is 40.7 Å². The van der Waals surface area contributed by atoms with Gasteiger partial charge in [-0.3, -0.25) is 4.79 Å². The van der Waals surface area contributed by atoms with E-state index in [-0.39, 0.29) is 16.8 Å². The van der Waals surface area contributed by atoms with Gasteiger partial charge in [-0.1, -0.05) is 0 Å². The summed E-state index contributed by atoms with van der Waals surface area (Å²) in [4.78, 5) is 19.0. The first kappa shape index (κ1) is 21.4. The van der Waals surface area contributed by atoms with Crippen molar-refractivity contribution < 1.29 is 13.2 Å². The molecule has 0 saturated carbocycles. The summed E-state index contributed by atoms with van der Waals surface area (Å²) in [6.07, 6.45) is 0. The minimum Gasteiger partial charge on any atom is -0.321 e. The standard InChI is InChI=1S/C21H25N3O3S2/c1-12(2)24(6)29(26,27)17-9-7-16(8-10-17)23-20(25)19-15(5)18-13(3)11-14(4)22-21(18)28-19/h7-12H,1-6H3,(H,23,25). The van der Waals surface area contributed by atoms with Gasteiger partial charge in [0.25, 0.3) is 5.91 Å². The number of nitrogens with one attached hydrogen (secondary N) is 1. The lowest BCUT2D eigenvalue weighted by atomic mass is 10.1. The summed E-state index contributed by atoms with van der Waals surface area (Å²) in [6.45, 7) is 9.52. The van der Waals surface area contributed by atoms with E-state index in [2.05, 4.69) is 10.3 Å². The molecule has 0 aliphatic rings. The number of amides is 1. The number of nitrogens with zero attached hydrogens (tertiary/aromatic N) is 2. The van der Waals surface area contributed by atoms with Crippen LogP contribution >= 0.6 is 11.3 Å². The van der Waals surface area contributed by atoms with E-state index in [0.717, 1.165) is 27.0 Å². The Morgan fingerprint density at radius 2 is 1.76 bits per heavy atom. The first-order chi connectivity index (χ1) is 13.5. The van der Waals surface area contributed by atoms with E-state index < -0.39 is 10.0 Å². The lowest BCUT2D eigenvalue weighted by Crippen LogP contribution is -2.33. The fraction of sp³-hybridized carbons (Fsp3) is 0.333. The fourth-order valence-corrected chi connectivity index (χ4v) is 5.74. The number of sulfonamides is 1. The number of rotatable bonds is 5. The monoisotopic (exact) mass is 431 g/mol. The third-order valence-electron chi connectivity index (χ3n) is 4.95. The summed E-state index contributed by atoms with van der Waals surface area (Å²) in [5.41, 5.74) is 3.47. The fourth-order valence-electron chi connectivity index (χ4n) is 3.18. The van der Waals surface area contributed by atoms with Crippen molar-refractivity contribution >= 4 is 43.2 Å². The average molecular weight is 432 g/mol. The van der Waals surface area contributed by atoms with Gasteiger partial charge < -0.3 is 5.32 Å². The van der Waals surface area contributed by atoms with Gasteiger partial charge in [0.2, 0.25) is 10.0 Å². The Labute approximate surface area is 175 Å². The van der Waals surface area contributed by atoms with Gasteiger partial charge in [0.05, 0.1) is 9.77 Å². The second kappa shape index (κ2) is 7.85.